The van der Waals surface area contributed by atoms with Gasteiger partial charge in [0, 0.05) is 16.6 Å². The van der Waals surface area contributed by atoms with Crippen molar-refractivity contribution in [1.29, 1.82) is 0 Å². The lowest BCUT2D eigenvalue weighted by Gasteiger charge is -2.05. The van der Waals surface area contributed by atoms with E-state index in [1.165, 1.54) is 23.5 Å². The fourth-order valence-electron chi connectivity index (χ4n) is 1.82. The second-order valence-corrected chi connectivity index (χ2v) is 5.80. The van der Waals surface area contributed by atoms with Gasteiger partial charge in [0.15, 0.2) is 0 Å². The SMILES string of the molecule is C=C(C)COCCNC(=O)c1sc2ccc(F)cc2c1N. The van der Waals surface area contributed by atoms with Gasteiger partial charge in [-0.15, -0.1) is 11.3 Å². The summed E-state index contributed by atoms with van der Waals surface area (Å²) in [5.74, 6) is -0.639. The van der Waals surface area contributed by atoms with Gasteiger partial charge in [0.25, 0.3) is 5.91 Å². The molecule has 21 heavy (non-hydrogen) atoms. The predicted octanol–water partition coefficient (Wildman–Crippen LogP) is 2.95. The van der Waals surface area contributed by atoms with Gasteiger partial charge in [0.2, 0.25) is 0 Å². The topological polar surface area (TPSA) is 64.3 Å². The summed E-state index contributed by atoms with van der Waals surface area (Å²) >= 11 is 1.25. The number of hydrogen-bond donors (Lipinski definition) is 2. The van der Waals surface area contributed by atoms with Gasteiger partial charge in [0.1, 0.15) is 10.7 Å². The van der Waals surface area contributed by atoms with Crippen LogP contribution in [0.15, 0.2) is 30.4 Å². The standard InChI is InChI=1S/C15H17FN2O2S/c1-9(2)8-20-6-5-18-15(19)14-13(17)11-7-10(16)3-4-12(11)21-14/h3-4,7H,1,5-6,8,17H2,2H3,(H,18,19). The van der Waals surface area contributed by atoms with Gasteiger partial charge < -0.3 is 15.8 Å². The minimum absolute atomic E-state index is 0.270. The van der Waals surface area contributed by atoms with Crippen molar-refractivity contribution >= 4 is 33.0 Å². The Bertz CT molecular complexity index is 682. The summed E-state index contributed by atoms with van der Waals surface area (Å²) in [6, 6.07) is 4.32. The number of halogens is 1. The Morgan fingerprint density at radius 2 is 2.29 bits per heavy atom. The van der Waals surface area contributed by atoms with E-state index in [1.807, 2.05) is 6.92 Å². The molecule has 0 saturated carbocycles. The zero-order valence-corrected chi connectivity index (χ0v) is 12.6. The van der Waals surface area contributed by atoms with Crippen molar-refractivity contribution in [1.82, 2.24) is 5.32 Å². The molecule has 0 aliphatic heterocycles. The lowest BCUT2D eigenvalue weighted by atomic mass is 10.2. The number of nitrogen functional groups attached to an aromatic ring is 1. The lowest BCUT2D eigenvalue weighted by Crippen LogP contribution is -2.27. The number of hydrogen-bond acceptors (Lipinski definition) is 4. The third-order valence-corrected chi connectivity index (χ3v) is 3.96. The third-order valence-electron chi connectivity index (χ3n) is 2.78. The Morgan fingerprint density at radius 3 is 3.00 bits per heavy atom. The van der Waals surface area contributed by atoms with Crippen LogP contribution in [0.3, 0.4) is 0 Å². The molecule has 112 valence electrons. The van der Waals surface area contributed by atoms with E-state index in [0.717, 1.165) is 10.3 Å². The molecule has 6 heteroatoms. The molecule has 0 radical (unpaired) electrons. The van der Waals surface area contributed by atoms with Crippen LogP contribution in [0.5, 0.6) is 0 Å². The summed E-state index contributed by atoms with van der Waals surface area (Å²) in [7, 11) is 0. The Labute approximate surface area is 126 Å². The van der Waals surface area contributed by atoms with E-state index in [4.69, 9.17) is 10.5 Å². The summed E-state index contributed by atoms with van der Waals surface area (Å²) < 4.78 is 19.3. The Hall–Kier alpha value is -1.92. The number of amides is 1. The number of fused-ring (bicyclic) bond motifs is 1. The minimum Gasteiger partial charge on any atom is -0.397 e. The zero-order valence-electron chi connectivity index (χ0n) is 11.7. The van der Waals surface area contributed by atoms with Crippen LogP contribution in [-0.4, -0.2) is 25.7 Å². The molecule has 0 saturated heterocycles. The maximum atomic E-state index is 13.2. The van der Waals surface area contributed by atoms with Gasteiger partial charge >= 0.3 is 0 Å². The van der Waals surface area contributed by atoms with Crippen LogP contribution in [0, 0.1) is 5.82 Å². The van der Waals surface area contributed by atoms with E-state index in [-0.39, 0.29) is 11.7 Å². The highest BCUT2D eigenvalue weighted by molar-refractivity contribution is 7.21. The number of benzene rings is 1. The highest BCUT2D eigenvalue weighted by Gasteiger charge is 2.16. The van der Waals surface area contributed by atoms with Gasteiger partial charge in [-0.05, 0) is 25.1 Å². The molecule has 0 atom stereocenters. The molecule has 1 aromatic heterocycles. The number of nitrogens with two attached hydrogens (primary N) is 1. The van der Waals surface area contributed by atoms with Crippen molar-refractivity contribution in [3.05, 3.63) is 41.0 Å². The second kappa shape index (κ2) is 6.69. The summed E-state index contributed by atoms with van der Waals surface area (Å²) in [5.41, 5.74) is 7.16. The van der Waals surface area contributed by atoms with Crippen molar-refractivity contribution in [2.24, 2.45) is 0 Å². The normalized spacial score (nSPS) is 10.8. The molecule has 0 aliphatic carbocycles. The quantitative estimate of drug-likeness (QED) is 0.637. The van der Waals surface area contributed by atoms with Crippen LogP contribution >= 0.6 is 11.3 Å². The van der Waals surface area contributed by atoms with Crippen molar-refractivity contribution in [2.75, 3.05) is 25.5 Å². The molecular weight excluding hydrogens is 291 g/mol. The van der Waals surface area contributed by atoms with E-state index in [0.29, 0.717) is 35.7 Å². The average molecular weight is 308 g/mol. The van der Waals surface area contributed by atoms with Crippen LogP contribution in [0.25, 0.3) is 10.1 Å². The summed E-state index contributed by atoms with van der Waals surface area (Å²) in [5, 5.41) is 3.31. The highest BCUT2D eigenvalue weighted by Crippen LogP contribution is 2.33. The van der Waals surface area contributed by atoms with Gasteiger partial charge in [-0.25, -0.2) is 4.39 Å². The lowest BCUT2D eigenvalue weighted by molar-refractivity contribution is 0.0931. The van der Waals surface area contributed by atoms with Crippen LogP contribution in [-0.2, 0) is 4.74 Å². The van der Waals surface area contributed by atoms with E-state index >= 15 is 0 Å². The number of thiophene rings is 1. The Morgan fingerprint density at radius 1 is 1.52 bits per heavy atom. The van der Waals surface area contributed by atoms with Gasteiger partial charge in [-0.2, -0.15) is 0 Å². The van der Waals surface area contributed by atoms with Crippen LogP contribution in [0.2, 0.25) is 0 Å². The fraction of sp³-hybridized carbons (Fsp3) is 0.267. The van der Waals surface area contributed by atoms with E-state index in [1.54, 1.807) is 6.07 Å². The number of ether oxygens (including phenoxy) is 1. The van der Waals surface area contributed by atoms with Gasteiger partial charge in [-0.1, -0.05) is 12.2 Å². The van der Waals surface area contributed by atoms with Crippen molar-refractivity contribution in [3.8, 4) is 0 Å². The summed E-state index contributed by atoms with van der Waals surface area (Å²) in [4.78, 5) is 12.5. The minimum atomic E-state index is -0.368. The number of carbonyl (C=O) groups excluding carboxylic acids is 1. The molecule has 0 unspecified atom stereocenters. The fourth-order valence-corrected chi connectivity index (χ4v) is 2.84. The van der Waals surface area contributed by atoms with Crippen LogP contribution < -0.4 is 11.1 Å². The molecule has 3 N–H and O–H groups in total. The number of nitrogens with one attached hydrogen (secondary N) is 1. The third kappa shape index (κ3) is 3.80. The molecule has 4 nitrogen and oxygen atoms in total. The Kier molecular flexibility index (Phi) is 4.93. The van der Waals surface area contributed by atoms with E-state index < -0.39 is 0 Å². The molecule has 1 amide bonds. The molecule has 1 heterocycles. The first-order valence-corrected chi connectivity index (χ1v) is 7.28. The molecular formula is C15H17FN2O2S. The smallest absolute Gasteiger partial charge is 0.263 e. The molecule has 2 rings (SSSR count). The first-order valence-electron chi connectivity index (χ1n) is 6.47. The molecule has 0 fully saturated rings. The zero-order chi connectivity index (χ0) is 15.4. The second-order valence-electron chi connectivity index (χ2n) is 4.75. The van der Waals surface area contributed by atoms with Crippen LogP contribution in [0.4, 0.5) is 10.1 Å². The van der Waals surface area contributed by atoms with Crippen LogP contribution in [0.1, 0.15) is 16.6 Å². The molecule has 0 aliphatic rings. The predicted molar refractivity (Wildman–Crippen MR) is 84.2 cm³/mol. The average Bonchev–Trinajstić information content (AvgIpc) is 2.75. The van der Waals surface area contributed by atoms with Gasteiger partial charge in [0.05, 0.1) is 18.9 Å². The van der Waals surface area contributed by atoms with Gasteiger partial charge in [-0.3, -0.25) is 4.79 Å². The summed E-state index contributed by atoms with van der Waals surface area (Å²) in [6.45, 7) is 6.85. The van der Waals surface area contributed by atoms with Crippen molar-refractivity contribution in [2.45, 2.75) is 6.92 Å². The molecule has 0 spiro atoms. The van der Waals surface area contributed by atoms with Crippen molar-refractivity contribution < 1.29 is 13.9 Å². The molecule has 0 bridgehead atoms. The maximum Gasteiger partial charge on any atom is 0.263 e. The van der Waals surface area contributed by atoms with E-state index in [9.17, 15) is 9.18 Å². The summed E-state index contributed by atoms with van der Waals surface area (Å²) in [6.07, 6.45) is 0. The first-order chi connectivity index (χ1) is 9.99. The number of rotatable bonds is 6. The monoisotopic (exact) mass is 308 g/mol. The molecule has 1 aromatic carbocycles. The largest absolute Gasteiger partial charge is 0.397 e. The van der Waals surface area contributed by atoms with Crippen molar-refractivity contribution in [3.63, 3.8) is 0 Å². The number of anilines is 1. The maximum absolute atomic E-state index is 13.2. The Balaban J connectivity index is 1.99. The highest BCUT2D eigenvalue weighted by atomic mass is 32.1. The van der Waals surface area contributed by atoms with E-state index in [2.05, 4.69) is 11.9 Å². The number of carbonyl (C=O) groups is 1. The molecule has 2 aromatic rings. The first kappa shape index (κ1) is 15.5.